The Morgan fingerprint density at radius 1 is 1.05 bits per heavy atom. The molecule has 0 saturated heterocycles. The van der Waals surface area contributed by atoms with Crippen molar-refractivity contribution in [3.63, 3.8) is 0 Å². The third-order valence-electron chi connectivity index (χ3n) is 3.55. The Kier molecular flexibility index (Phi) is 5.52. The van der Waals surface area contributed by atoms with Crippen LogP contribution < -0.4 is 11.3 Å². The molecule has 1 aromatic heterocycles. The van der Waals surface area contributed by atoms with Gasteiger partial charge in [0.15, 0.2) is 0 Å². The van der Waals surface area contributed by atoms with Gasteiger partial charge in [0.1, 0.15) is 5.58 Å². The number of nitrogens with zero attached hydrogens (tertiary/aromatic N) is 1. The Morgan fingerprint density at radius 3 is 2.50 bits per heavy atom. The molecule has 0 amide bonds. The fraction of sp³-hybridized carbons (Fsp3) is 0.438. The predicted octanol–water partition coefficient (Wildman–Crippen LogP) is 2.38. The highest BCUT2D eigenvalue weighted by Gasteiger charge is 2.08. The maximum Gasteiger partial charge on any atom is 0.422 e. The number of carboxylic acid groups (broad SMARTS) is 1. The second-order valence-electron chi connectivity index (χ2n) is 5.23. The first-order valence-corrected chi connectivity index (χ1v) is 7.44. The Hall–Kier alpha value is -2.37. The van der Waals surface area contributed by atoms with Crippen molar-refractivity contribution in [2.75, 3.05) is 0 Å². The van der Waals surface area contributed by atoms with Gasteiger partial charge in [-0.25, -0.2) is 9.36 Å². The van der Waals surface area contributed by atoms with Gasteiger partial charge in [-0.2, -0.15) is 0 Å². The number of hydrogen-bond donors (Lipinski definition) is 1. The molecule has 0 bridgehead atoms. The predicted molar refractivity (Wildman–Crippen MR) is 82.1 cm³/mol. The van der Waals surface area contributed by atoms with Gasteiger partial charge in [-0.15, -0.1) is 0 Å². The molecule has 1 aromatic carbocycles. The lowest BCUT2D eigenvalue weighted by Crippen LogP contribution is -2.32. The summed E-state index contributed by atoms with van der Waals surface area (Å²) < 4.78 is 6.26. The lowest BCUT2D eigenvalue weighted by molar-refractivity contribution is -0.137. The van der Waals surface area contributed by atoms with Gasteiger partial charge in [-0.1, -0.05) is 31.4 Å². The Balaban J connectivity index is 1.91. The van der Waals surface area contributed by atoms with Crippen LogP contribution in [0.15, 0.2) is 38.3 Å². The lowest BCUT2D eigenvalue weighted by atomic mass is 10.1. The van der Waals surface area contributed by atoms with Crippen LogP contribution in [0.5, 0.6) is 0 Å². The molecule has 118 valence electrons. The van der Waals surface area contributed by atoms with Gasteiger partial charge in [-0.05, 0) is 25.0 Å². The molecule has 2 rings (SSSR count). The molecule has 0 radical (unpaired) electrons. The van der Waals surface area contributed by atoms with E-state index in [0.717, 1.165) is 23.8 Å². The van der Waals surface area contributed by atoms with E-state index in [1.165, 1.54) is 0 Å². The monoisotopic (exact) mass is 305 g/mol. The number of aliphatic carboxylic acids is 1. The number of rotatable bonds is 8. The van der Waals surface area contributed by atoms with Crippen LogP contribution in [0, 0.1) is 0 Å². The molecule has 22 heavy (non-hydrogen) atoms. The summed E-state index contributed by atoms with van der Waals surface area (Å²) in [5, 5.41) is 8.94. The second-order valence-corrected chi connectivity index (χ2v) is 5.23. The zero-order valence-electron chi connectivity index (χ0n) is 12.3. The molecule has 0 spiro atoms. The standard InChI is InChI=1S/C16H19NO5/c18-14(19)10-4-2-1-3-7-11-17-15(20)12-8-5-6-9-13(12)22-16(17)21/h5-6,8-9H,1-4,7,10-11H2,(H,18,19). The fourth-order valence-electron chi connectivity index (χ4n) is 2.38. The van der Waals surface area contributed by atoms with Gasteiger partial charge >= 0.3 is 11.7 Å². The highest BCUT2D eigenvalue weighted by atomic mass is 16.4. The molecule has 6 nitrogen and oxygen atoms in total. The van der Waals surface area contributed by atoms with Crippen LogP contribution in [0.3, 0.4) is 0 Å². The van der Waals surface area contributed by atoms with E-state index in [4.69, 9.17) is 9.52 Å². The van der Waals surface area contributed by atoms with Crippen molar-refractivity contribution in [3.8, 4) is 0 Å². The number of benzene rings is 1. The molecule has 0 aliphatic heterocycles. The maximum atomic E-state index is 12.2. The maximum absolute atomic E-state index is 12.2. The summed E-state index contributed by atoms with van der Waals surface area (Å²) in [4.78, 5) is 34.4. The molecule has 0 aliphatic carbocycles. The third-order valence-corrected chi connectivity index (χ3v) is 3.55. The van der Waals surface area contributed by atoms with Crippen molar-refractivity contribution in [2.45, 2.75) is 45.1 Å². The van der Waals surface area contributed by atoms with Crippen molar-refractivity contribution >= 4 is 16.9 Å². The zero-order chi connectivity index (χ0) is 15.9. The molecule has 0 atom stereocenters. The highest BCUT2D eigenvalue weighted by Crippen LogP contribution is 2.08. The molecule has 1 N–H and O–H groups in total. The number of carboxylic acids is 1. The lowest BCUT2D eigenvalue weighted by Gasteiger charge is -2.05. The molecule has 0 unspecified atom stereocenters. The molecule has 1 heterocycles. The first-order valence-electron chi connectivity index (χ1n) is 7.44. The van der Waals surface area contributed by atoms with Crippen molar-refractivity contribution < 1.29 is 14.3 Å². The SMILES string of the molecule is O=C(O)CCCCCCCn1c(=O)oc2ccccc2c1=O. The van der Waals surface area contributed by atoms with E-state index in [9.17, 15) is 14.4 Å². The van der Waals surface area contributed by atoms with E-state index in [1.54, 1.807) is 24.3 Å². The van der Waals surface area contributed by atoms with Crippen LogP contribution in [0.1, 0.15) is 38.5 Å². The summed E-state index contributed by atoms with van der Waals surface area (Å²) >= 11 is 0. The molecule has 0 fully saturated rings. The minimum Gasteiger partial charge on any atom is -0.481 e. The Morgan fingerprint density at radius 2 is 1.73 bits per heavy atom. The smallest absolute Gasteiger partial charge is 0.422 e. The Bertz CT molecular complexity index is 759. The highest BCUT2D eigenvalue weighted by molar-refractivity contribution is 5.74. The second kappa shape index (κ2) is 7.59. The topological polar surface area (TPSA) is 89.5 Å². The summed E-state index contributed by atoms with van der Waals surface area (Å²) in [5.41, 5.74) is -0.0138. The van der Waals surface area contributed by atoms with Crippen LogP contribution in [-0.2, 0) is 11.3 Å². The fourth-order valence-corrected chi connectivity index (χ4v) is 2.38. The molecule has 2 aromatic rings. The van der Waals surface area contributed by atoms with Gasteiger partial charge in [-0.3, -0.25) is 9.59 Å². The van der Waals surface area contributed by atoms with Crippen molar-refractivity contribution in [1.29, 1.82) is 0 Å². The molecule has 0 saturated carbocycles. The number of unbranched alkanes of at least 4 members (excludes halogenated alkanes) is 4. The van der Waals surface area contributed by atoms with E-state index in [2.05, 4.69) is 0 Å². The number of aromatic nitrogens is 1. The zero-order valence-corrected chi connectivity index (χ0v) is 12.3. The number of para-hydroxylation sites is 1. The van der Waals surface area contributed by atoms with Crippen molar-refractivity contribution in [3.05, 3.63) is 45.2 Å². The minimum absolute atomic E-state index is 0.188. The number of fused-ring (bicyclic) bond motifs is 1. The van der Waals surface area contributed by atoms with E-state index >= 15 is 0 Å². The van der Waals surface area contributed by atoms with Gasteiger partial charge in [0, 0.05) is 13.0 Å². The van der Waals surface area contributed by atoms with Crippen LogP contribution in [0.4, 0.5) is 0 Å². The molecular weight excluding hydrogens is 286 g/mol. The summed E-state index contributed by atoms with van der Waals surface area (Å²) in [5.74, 6) is -1.41. The van der Waals surface area contributed by atoms with Crippen LogP contribution in [0.25, 0.3) is 11.0 Å². The number of hydrogen-bond acceptors (Lipinski definition) is 4. The summed E-state index contributed by atoms with van der Waals surface area (Å²) in [6.45, 7) is 0.324. The first kappa shape index (κ1) is 16.0. The van der Waals surface area contributed by atoms with E-state index < -0.39 is 11.7 Å². The van der Waals surface area contributed by atoms with Gasteiger partial charge in [0.05, 0.1) is 5.39 Å². The van der Waals surface area contributed by atoms with E-state index in [1.807, 2.05) is 0 Å². The Labute approximate surface area is 127 Å². The van der Waals surface area contributed by atoms with Crippen LogP contribution in [0.2, 0.25) is 0 Å². The van der Waals surface area contributed by atoms with Gasteiger partial charge < -0.3 is 9.52 Å². The van der Waals surface area contributed by atoms with Crippen molar-refractivity contribution in [2.24, 2.45) is 0 Å². The average Bonchev–Trinajstić information content (AvgIpc) is 2.49. The number of carbonyl (C=O) groups is 1. The molecule has 0 aliphatic rings. The van der Waals surface area contributed by atoms with Crippen molar-refractivity contribution in [1.82, 2.24) is 4.57 Å². The quantitative estimate of drug-likeness (QED) is 0.756. The van der Waals surface area contributed by atoms with Gasteiger partial charge in [0.2, 0.25) is 0 Å². The minimum atomic E-state index is -0.777. The summed E-state index contributed by atoms with van der Waals surface area (Å²) in [6.07, 6.45) is 4.12. The summed E-state index contributed by atoms with van der Waals surface area (Å²) in [6, 6.07) is 6.69. The summed E-state index contributed by atoms with van der Waals surface area (Å²) in [7, 11) is 0. The molecular formula is C16H19NO5. The van der Waals surface area contributed by atoms with Crippen LogP contribution >= 0.6 is 0 Å². The largest absolute Gasteiger partial charge is 0.481 e. The third kappa shape index (κ3) is 4.07. The first-order chi connectivity index (χ1) is 10.6. The van der Waals surface area contributed by atoms with Gasteiger partial charge in [0.25, 0.3) is 5.56 Å². The van der Waals surface area contributed by atoms with E-state index in [0.29, 0.717) is 30.4 Å². The van der Waals surface area contributed by atoms with Crippen LogP contribution in [-0.4, -0.2) is 15.6 Å². The normalized spacial score (nSPS) is 10.9. The van der Waals surface area contributed by atoms with E-state index in [-0.39, 0.29) is 12.0 Å². The average molecular weight is 305 g/mol. The molecule has 6 heteroatoms.